The van der Waals surface area contributed by atoms with E-state index in [1.54, 1.807) is 45.2 Å². The van der Waals surface area contributed by atoms with Crippen LogP contribution in [0.2, 0.25) is 0 Å². The number of benzene rings is 3. The van der Waals surface area contributed by atoms with Crippen molar-refractivity contribution in [1.82, 2.24) is 4.31 Å². The summed E-state index contributed by atoms with van der Waals surface area (Å²) in [6.45, 7) is 13.9. The van der Waals surface area contributed by atoms with Crippen molar-refractivity contribution in [2.75, 3.05) is 58.1 Å². The zero-order chi connectivity index (χ0) is 38.9. The smallest absolute Gasteiger partial charge is 0.309 e. The van der Waals surface area contributed by atoms with Crippen LogP contribution in [0.25, 0.3) is 0 Å². The normalized spacial score (nSPS) is 20.0. The Morgan fingerprint density at radius 2 is 1.76 bits per heavy atom. The van der Waals surface area contributed by atoms with Crippen LogP contribution >= 0.6 is 0 Å². The molecule has 5 rings (SSSR count). The van der Waals surface area contributed by atoms with Gasteiger partial charge in [-0.15, -0.1) is 0 Å². The molecule has 296 valence electrons. The molecular weight excluding hydrogens is 709 g/mol. The number of ether oxygens (including phenoxy) is 5. The average molecular weight is 767 g/mol. The van der Waals surface area contributed by atoms with Gasteiger partial charge < -0.3 is 33.7 Å². The summed E-state index contributed by atoms with van der Waals surface area (Å²) >= 11 is 0. The van der Waals surface area contributed by atoms with Gasteiger partial charge in [-0.1, -0.05) is 48.0 Å². The van der Waals surface area contributed by atoms with Gasteiger partial charge in [0, 0.05) is 45.4 Å². The third kappa shape index (κ3) is 10.6. The second-order valence-corrected chi connectivity index (χ2v) is 17.0. The van der Waals surface area contributed by atoms with E-state index in [1.165, 1.54) is 4.31 Å². The summed E-state index contributed by atoms with van der Waals surface area (Å²) in [5.74, 6) is -0.349. The number of fused-ring (bicyclic) bond motifs is 1. The zero-order valence-electron chi connectivity index (χ0n) is 32.7. The van der Waals surface area contributed by atoms with E-state index in [-0.39, 0.29) is 36.5 Å². The Hall–Kier alpha value is -3.52. The van der Waals surface area contributed by atoms with Crippen LogP contribution in [0, 0.1) is 12.3 Å². The number of aryl methyl sites for hydroxylation is 1. The summed E-state index contributed by atoms with van der Waals surface area (Å²) in [6, 6.07) is 20.5. The van der Waals surface area contributed by atoms with Gasteiger partial charge in [-0.25, -0.2) is 8.42 Å². The maximum Gasteiger partial charge on any atom is 0.309 e. The molecule has 11 nitrogen and oxygen atoms in total. The minimum atomic E-state index is -4.01. The average Bonchev–Trinajstić information content (AvgIpc) is 3.14. The Bertz CT molecular complexity index is 1770. The van der Waals surface area contributed by atoms with Gasteiger partial charge in [0.05, 0.1) is 54.6 Å². The number of carboxylic acids is 1. The first kappa shape index (κ1) is 41.6. The van der Waals surface area contributed by atoms with Gasteiger partial charge >= 0.3 is 5.97 Å². The van der Waals surface area contributed by atoms with Crippen LogP contribution in [0.5, 0.6) is 5.75 Å². The Kier molecular flexibility index (Phi) is 14.6. The van der Waals surface area contributed by atoms with Crippen molar-refractivity contribution >= 4 is 21.7 Å². The first-order chi connectivity index (χ1) is 25.8. The van der Waals surface area contributed by atoms with Crippen LogP contribution in [-0.4, -0.2) is 95.2 Å². The number of sulfonamides is 1. The molecule has 4 atom stereocenters. The van der Waals surface area contributed by atoms with Crippen LogP contribution in [-0.2, 0) is 47.0 Å². The van der Waals surface area contributed by atoms with E-state index in [4.69, 9.17) is 23.7 Å². The standard InChI is InChI=1S/C42H58N2O9S/c1-7-51-31(3)27-50-28-32-11-14-34(15-12-32)37-24-35(25-42(4,5)41(45)46)44(54(47,48)36-16-9-30(2)10-17-36)26-40(37)53-29-33-13-18-39-38(23-33)43(20-22-52-39)19-8-21-49-6/h9-18,23,31,35,37,40H,7-8,19-22,24-29H2,1-6H3,(H,45,46)/t31-,35-,37-,40+/m1/s1. The number of hydrogen-bond acceptors (Lipinski definition) is 9. The molecular formula is C42H58N2O9S. The van der Waals surface area contributed by atoms with Crippen LogP contribution in [0.15, 0.2) is 71.6 Å². The van der Waals surface area contributed by atoms with Crippen molar-refractivity contribution in [2.45, 2.75) is 96.2 Å². The third-order valence-corrected chi connectivity index (χ3v) is 12.3. The number of nitrogens with zero attached hydrogens (tertiary/aromatic N) is 2. The highest BCUT2D eigenvalue weighted by Gasteiger charge is 2.46. The largest absolute Gasteiger partial charge is 0.490 e. The molecule has 12 heteroatoms. The lowest BCUT2D eigenvalue weighted by molar-refractivity contribution is -0.148. The lowest BCUT2D eigenvalue weighted by Gasteiger charge is -2.45. The van der Waals surface area contributed by atoms with Gasteiger partial charge in [-0.3, -0.25) is 4.79 Å². The monoisotopic (exact) mass is 766 g/mol. The third-order valence-electron chi connectivity index (χ3n) is 10.4. The maximum atomic E-state index is 14.4. The van der Waals surface area contributed by atoms with E-state index in [1.807, 2.05) is 45.0 Å². The summed E-state index contributed by atoms with van der Waals surface area (Å²) < 4.78 is 59.9. The van der Waals surface area contributed by atoms with E-state index < -0.39 is 33.6 Å². The summed E-state index contributed by atoms with van der Waals surface area (Å²) in [6.07, 6.45) is 0.905. The van der Waals surface area contributed by atoms with Crippen LogP contribution in [0.1, 0.15) is 75.1 Å². The van der Waals surface area contributed by atoms with Crippen LogP contribution in [0.3, 0.4) is 0 Å². The second-order valence-electron chi connectivity index (χ2n) is 15.1. The van der Waals surface area contributed by atoms with Crippen molar-refractivity contribution in [3.63, 3.8) is 0 Å². The maximum absolute atomic E-state index is 14.4. The Labute approximate surface area is 321 Å². The van der Waals surface area contributed by atoms with Gasteiger partial charge in [0.1, 0.15) is 12.4 Å². The molecule has 1 fully saturated rings. The second kappa shape index (κ2) is 18.9. The highest BCUT2D eigenvalue weighted by atomic mass is 32.2. The lowest BCUT2D eigenvalue weighted by atomic mass is 9.77. The van der Waals surface area contributed by atoms with Gasteiger partial charge in [0.2, 0.25) is 10.0 Å². The molecule has 2 heterocycles. The predicted molar refractivity (Wildman–Crippen MR) is 209 cm³/mol. The van der Waals surface area contributed by atoms with E-state index in [0.717, 1.165) is 53.2 Å². The zero-order valence-corrected chi connectivity index (χ0v) is 33.5. The quantitative estimate of drug-likeness (QED) is 0.130. The Balaban J connectivity index is 1.45. The molecule has 3 aromatic carbocycles. The summed E-state index contributed by atoms with van der Waals surface area (Å²) in [5, 5.41) is 10.2. The number of hydrogen-bond donors (Lipinski definition) is 1. The molecule has 0 spiro atoms. The fourth-order valence-electron chi connectivity index (χ4n) is 7.32. The molecule has 3 aromatic rings. The van der Waals surface area contributed by atoms with Gasteiger partial charge in [0.25, 0.3) is 0 Å². The van der Waals surface area contributed by atoms with E-state index in [2.05, 4.69) is 23.1 Å². The highest BCUT2D eigenvalue weighted by Crippen LogP contribution is 2.41. The Morgan fingerprint density at radius 3 is 2.44 bits per heavy atom. The highest BCUT2D eigenvalue weighted by molar-refractivity contribution is 7.89. The summed E-state index contributed by atoms with van der Waals surface area (Å²) in [4.78, 5) is 14.9. The number of piperidine rings is 1. The molecule has 0 aromatic heterocycles. The molecule has 0 bridgehead atoms. The molecule has 2 aliphatic heterocycles. The summed E-state index contributed by atoms with van der Waals surface area (Å²) in [7, 11) is -2.30. The van der Waals surface area contributed by atoms with Crippen LogP contribution in [0.4, 0.5) is 5.69 Å². The first-order valence-electron chi connectivity index (χ1n) is 19.0. The van der Waals surface area contributed by atoms with Crippen molar-refractivity contribution in [2.24, 2.45) is 5.41 Å². The molecule has 2 aliphatic rings. The van der Waals surface area contributed by atoms with E-state index in [9.17, 15) is 18.3 Å². The minimum absolute atomic E-state index is 0.00177. The Morgan fingerprint density at radius 1 is 1.04 bits per heavy atom. The van der Waals surface area contributed by atoms with Gasteiger partial charge in [-0.05, 0) is 94.8 Å². The predicted octanol–water partition coefficient (Wildman–Crippen LogP) is 6.81. The van der Waals surface area contributed by atoms with Crippen molar-refractivity contribution in [1.29, 1.82) is 0 Å². The fraction of sp³-hybridized carbons (Fsp3) is 0.548. The van der Waals surface area contributed by atoms with Gasteiger partial charge in [0.15, 0.2) is 0 Å². The lowest BCUT2D eigenvalue weighted by Crippen LogP contribution is -2.53. The molecule has 0 unspecified atom stereocenters. The number of aliphatic carboxylic acids is 1. The summed E-state index contributed by atoms with van der Waals surface area (Å²) in [5.41, 5.74) is 3.75. The number of carbonyl (C=O) groups is 1. The number of carboxylic acid groups (broad SMARTS) is 1. The first-order valence-corrected chi connectivity index (χ1v) is 20.5. The minimum Gasteiger partial charge on any atom is -0.490 e. The molecule has 0 saturated carbocycles. The molecule has 0 radical (unpaired) electrons. The SMILES string of the molecule is CCO[C@H](C)COCc1ccc([C@H]2C[C@H](CC(C)(C)C(=O)O)N(S(=O)(=O)c3ccc(C)cc3)C[C@@H]2OCc2ccc3c(c2)N(CCCOC)CCO3)cc1. The van der Waals surface area contributed by atoms with Crippen molar-refractivity contribution in [3.05, 3.63) is 89.0 Å². The number of anilines is 1. The molecule has 1 saturated heterocycles. The molecule has 1 N–H and O–H groups in total. The van der Waals surface area contributed by atoms with Crippen molar-refractivity contribution < 1.29 is 42.0 Å². The topological polar surface area (TPSA) is 124 Å². The number of methoxy groups -OCH3 is 1. The van der Waals surface area contributed by atoms with E-state index in [0.29, 0.717) is 39.5 Å². The van der Waals surface area contributed by atoms with Crippen molar-refractivity contribution in [3.8, 4) is 5.75 Å². The van der Waals surface area contributed by atoms with E-state index >= 15 is 0 Å². The fourth-order valence-corrected chi connectivity index (χ4v) is 8.96. The molecule has 0 aliphatic carbocycles. The van der Waals surface area contributed by atoms with Crippen LogP contribution < -0.4 is 9.64 Å². The van der Waals surface area contributed by atoms with Gasteiger partial charge in [-0.2, -0.15) is 4.31 Å². The molecule has 54 heavy (non-hydrogen) atoms. The molecule has 0 amide bonds. The number of rotatable bonds is 19.